The monoisotopic (exact) mass is 226 g/mol. The second-order valence-electron chi connectivity index (χ2n) is 5.89. The molecule has 0 aromatic carbocycles. The predicted octanol–water partition coefficient (Wildman–Crippen LogP) is 0.751. The molecule has 1 saturated heterocycles. The van der Waals surface area contributed by atoms with Crippen LogP contribution >= 0.6 is 0 Å². The Morgan fingerprint density at radius 1 is 1.50 bits per heavy atom. The van der Waals surface area contributed by atoms with Crippen LogP contribution in [0, 0.1) is 5.92 Å². The molecule has 4 nitrogen and oxygen atoms in total. The smallest absolute Gasteiger partial charge is 0.242 e. The summed E-state index contributed by atoms with van der Waals surface area (Å²) in [5.41, 5.74) is 5.24. The van der Waals surface area contributed by atoms with Crippen molar-refractivity contribution in [1.82, 2.24) is 4.90 Å². The maximum atomic E-state index is 12.3. The Kier molecular flexibility index (Phi) is 2.75. The second-order valence-corrected chi connectivity index (χ2v) is 5.89. The standard InChI is InChI=1S/C12H22N2O2/c1-11(2)8-14(6-7-16-11)10(15)12(3,13)9-4-5-9/h9H,4-8,13H2,1-3H3. The number of nitrogens with zero attached hydrogens (tertiary/aromatic N) is 1. The summed E-state index contributed by atoms with van der Waals surface area (Å²) in [7, 11) is 0. The van der Waals surface area contributed by atoms with E-state index in [1.54, 1.807) is 0 Å². The highest BCUT2D eigenvalue weighted by Crippen LogP contribution is 2.39. The fourth-order valence-corrected chi connectivity index (χ4v) is 2.39. The highest BCUT2D eigenvalue weighted by molar-refractivity contribution is 5.86. The lowest BCUT2D eigenvalue weighted by Gasteiger charge is -2.41. The summed E-state index contributed by atoms with van der Waals surface area (Å²) in [6, 6.07) is 0. The SMILES string of the molecule is CC1(C)CN(C(=O)C(C)(N)C2CC2)CCO1. The molecule has 0 aromatic heterocycles. The van der Waals surface area contributed by atoms with Crippen LogP contribution in [-0.2, 0) is 9.53 Å². The summed E-state index contributed by atoms with van der Waals surface area (Å²) in [5, 5.41) is 0. The molecule has 0 spiro atoms. The van der Waals surface area contributed by atoms with E-state index >= 15 is 0 Å². The number of hydrogen-bond donors (Lipinski definition) is 1. The molecule has 4 heteroatoms. The van der Waals surface area contributed by atoms with Gasteiger partial charge < -0.3 is 15.4 Å². The van der Waals surface area contributed by atoms with E-state index < -0.39 is 5.54 Å². The maximum absolute atomic E-state index is 12.3. The van der Waals surface area contributed by atoms with Crippen LogP contribution in [0.3, 0.4) is 0 Å². The molecule has 1 aliphatic carbocycles. The Hall–Kier alpha value is -0.610. The first-order valence-corrected chi connectivity index (χ1v) is 6.05. The topological polar surface area (TPSA) is 55.6 Å². The zero-order valence-electron chi connectivity index (χ0n) is 10.5. The van der Waals surface area contributed by atoms with Gasteiger partial charge in [0.25, 0.3) is 0 Å². The van der Waals surface area contributed by atoms with E-state index in [4.69, 9.17) is 10.5 Å². The first-order valence-electron chi connectivity index (χ1n) is 6.05. The van der Waals surface area contributed by atoms with Gasteiger partial charge >= 0.3 is 0 Å². The molecule has 2 rings (SSSR count). The summed E-state index contributed by atoms with van der Waals surface area (Å²) in [4.78, 5) is 14.2. The van der Waals surface area contributed by atoms with Crippen molar-refractivity contribution in [2.24, 2.45) is 11.7 Å². The van der Waals surface area contributed by atoms with Crippen molar-refractivity contribution in [2.75, 3.05) is 19.7 Å². The molecule has 1 atom stereocenters. The van der Waals surface area contributed by atoms with Crippen LogP contribution in [0.25, 0.3) is 0 Å². The van der Waals surface area contributed by atoms with Crippen LogP contribution in [0.1, 0.15) is 33.6 Å². The van der Waals surface area contributed by atoms with E-state index in [1.165, 1.54) is 0 Å². The normalized spacial score (nSPS) is 28.6. The van der Waals surface area contributed by atoms with Crippen LogP contribution in [0.15, 0.2) is 0 Å². The zero-order valence-corrected chi connectivity index (χ0v) is 10.5. The predicted molar refractivity (Wildman–Crippen MR) is 61.9 cm³/mol. The van der Waals surface area contributed by atoms with E-state index in [9.17, 15) is 4.79 Å². The van der Waals surface area contributed by atoms with Crippen molar-refractivity contribution in [1.29, 1.82) is 0 Å². The van der Waals surface area contributed by atoms with Gasteiger partial charge in [-0.15, -0.1) is 0 Å². The summed E-state index contributed by atoms with van der Waals surface area (Å²) in [6.45, 7) is 7.82. The minimum absolute atomic E-state index is 0.0892. The van der Waals surface area contributed by atoms with Gasteiger partial charge in [0.15, 0.2) is 0 Å². The van der Waals surface area contributed by atoms with Gasteiger partial charge in [0, 0.05) is 13.1 Å². The number of carbonyl (C=O) groups excluding carboxylic acids is 1. The molecule has 0 aromatic rings. The van der Waals surface area contributed by atoms with Gasteiger partial charge in [-0.25, -0.2) is 0 Å². The number of hydrogen-bond acceptors (Lipinski definition) is 3. The molecule has 1 unspecified atom stereocenters. The molecule has 0 bridgehead atoms. The number of ether oxygens (including phenoxy) is 1. The Balaban J connectivity index is 2.04. The van der Waals surface area contributed by atoms with Crippen molar-refractivity contribution in [2.45, 2.75) is 44.8 Å². The van der Waals surface area contributed by atoms with Crippen molar-refractivity contribution in [3.63, 3.8) is 0 Å². The van der Waals surface area contributed by atoms with E-state index in [-0.39, 0.29) is 11.5 Å². The molecule has 1 aliphatic heterocycles. The van der Waals surface area contributed by atoms with E-state index in [0.29, 0.717) is 25.6 Å². The minimum Gasteiger partial charge on any atom is -0.372 e. The third-order valence-electron chi connectivity index (χ3n) is 3.60. The van der Waals surface area contributed by atoms with Crippen LogP contribution in [0.2, 0.25) is 0 Å². The summed E-state index contributed by atoms with van der Waals surface area (Å²) in [5.74, 6) is 0.470. The lowest BCUT2D eigenvalue weighted by molar-refractivity contribution is -0.151. The maximum Gasteiger partial charge on any atom is 0.242 e. The van der Waals surface area contributed by atoms with Crippen molar-refractivity contribution in [3.05, 3.63) is 0 Å². The quantitative estimate of drug-likeness (QED) is 0.756. The second kappa shape index (κ2) is 3.70. The molecular weight excluding hydrogens is 204 g/mol. The Bertz CT molecular complexity index is 295. The minimum atomic E-state index is -0.673. The first kappa shape index (κ1) is 11.9. The number of amides is 1. The van der Waals surface area contributed by atoms with Crippen LogP contribution < -0.4 is 5.73 Å². The average Bonchev–Trinajstić information content (AvgIpc) is 2.98. The highest BCUT2D eigenvalue weighted by atomic mass is 16.5. The van der Waals surface area contributed by atoms with Crippen LogP contribution in [0.4, 0.5) is 0 Å². The van der Waals surface area contributed by atoms with Crippen LogP contribution in [0.5, 0.6) is 0 Å². The molecule has 0 radical (unpaired) electrons. The fraction of sp³-hybridized carbons (Fsp3) is 0.917. The number of morpholine rings is 1. The number of nitrogens with two attached hydrogens (primary N) is 1. The molecule has 92 valence electrons. The Morgan fingerprint density at radius 3 is 2.62 bits per heavy atom. The third kappa shape index (κ3) is 2.23. The van der Waals surface area contributed by atoms with E-state index in [0.717, 1.165) is 12.8 Å². The molecular formula is C12H22N2O2. The zero-order chi connectivity index (χ0) is 12.0. The lowest BCUT2D eigenvalue weighted by Crippen LogP contribution is -2.60. The van der Waals surface area contributed by atoms with Crippen molar-refractivity contribution < 1.29 is 9.53 Å². The molecule has 1 amide bonds. The summed E-state index contributed by atoms with van der Waals surface area (Å²) < 4.78 is 5.60. The molecule has 2 aliphatic rings. The molecule has 2 N–H and O–H groups in total. The van der Waals surface area contributed by atoms with Crippen molar-refractivity contribution >= 4 is 5.91 Å². The fourth-order valence-electron chi connectivity index (χ4n) is 2.39. The third-order valence-corrected chi connectivity index (χ3v) is 3.60. The van der Waals surface area contributed by atoms with Gasteiger partial charge in [-0.3, -0.25) is 4.79 Å². The van der Waals surface area contributed by atoms with Crippen molar-refractivity contribution in [3.8, 4) is 0 Å². The Morgan fingerprint density at radius 2 is 2.12 bits per heavy atom. The summed E-state index contributed by atoms with van der Waals surface area (Å²) >= 11 is 0. The molecule has 1 heterocycles. The number of carbonyl (C=O) groups is 1. The molecule has 2 fully saturated rings. The molecule has 1 saturated carbocycles. The summed E-state index contributed by atoms with van der Waals surface area (Å²) in [6.07, 6.45) is 2.18. The van der Waals surface area contributed by atoms with Gasteiger partial charge in [0.1, 0.15) is 0 Å². The van der Waals surface area contributed by atoms with E-state index in [1.807, 2.05) is 25.7 Å². The van der Waals surface area contributed by atoms with Crippen LogP contribution in [-0.4, -0.2) is 41.6 Å². The van der Waals surface area contributed by atoms with Gasteiger partial charge in [0.05, 0.1) is 17.7 Å². The number of rotatable bonds is 2. The molecule has 16 heavy (non-hydrogen) atoms. The van der Waals surface area contributed by atoms with Gasteiger partial charge in [0.2, 0.25) is 5.91 Å². The first-order chi connectivity index (χ1) is 7.33. The van der Waals surface area contributed by atoms with Gasteiger partial charge in [-0.1, -0.05) is 0 Å². The van der Waals surface area contributed by atoms with Gasteiger partial charge in [-0.05, 0) is 39.5 Å². The highest BCUT2D eigenvalue weighted by Gasteiger charge is 2.47. The van der Waals surface area contributed by atoms with Gasteiger partial charge in [-0.2, -0.15) is 0 Å². The lowest BCUT2D eigenvalue weighted by atomic mass is 9.94. The Labute approximate surface area is 97.1 Å². The largest absolute Gasteiger partial charge is 0.372 e. The van der Waals surface area contributed by atoms with E-state index in [2.05, 4.69) is 0 Å². The average molecular weight is 226 g/mol.